The Balaban J connectivity index is 1.34. The van der Waals surface area contributed by atoms with Crippen LogP contribution in [0.4, 0.5) is 5.69 Å². The number of fused-ring (bicyclic) bond motifs is 1. The third-order valence-corrected chi connectivity index (χ3v) is 6.75. The molecule has 0 spiro atoms. The number of phenolic OH excluding ortho intramolecular Hbond substituents is 1. The summed E-state index contributed by atoms with van der Waals surface area (Å²) < 4.78 is 0. The smallest absolute Gasteiger partial charge is 0.146 e. The molecule has 0 bridgehead atoms. The molecule has 180 valence electrons. The van der Waals surface area contributed by atoms with E-state index in [1.807, 2.05) is 30.3 Å². The minimum absolute atomic E-state index is 0.380. The van der Waals surface area contributed by atoms with Crippen molar-refractivity contribution >= 4 is 16.5 Å². The van der Waals surface area contributed by atoms with Crippen LogP contribution in [0.5, 0.6) is 5.75 Å². The van der Waals surface area contributed by atoms with Gasteiger partial charge in [-0.05, 0) is 17.9 Å². The van der Waals surface area contributed by atoms with E-state index in [1.54, 1.807) is 0 Å². The Kier molecular flexibility index (Phi) is 14.8. The van der Waals surface area contributed by atoms with Crippen LogP contribution in [-0.4, -0.2) is 11.7 Å². The zero-order valence-electron chi connectivity index (χ0n) is 20.8. The topological polar surface area (TPSA) is 32.3 Å². The first-order chi connectivity index (χ1) is 15.8. The molecule has 32 heavy (non-hydrogen) atoms. The van der Waals surface area contributed by atoms with Crippen LogP contribution >= 0.6 is 0 Å². The Labute approximate surface area is 198 Å². The average molecular weight is 440 g/mol. The van der Waals surface area contributed by atoms with Crippen molar-refractivity contribution < 1.29 is 5.11 Å². The van der Waals surface area contributed by atoms with Gasteiger partial charge in [-0.25, -0.2) is 0 Å². The average Bonchev–Trinajstić information content (AvgIpc) is 2.82. The first-order valence-corrected chi connectivity index (χ1v) is 13.8. The van der Waals surface area contributed by atoms with Crippen molar-refractivity contribution in [2.24, 2.45) is 0 Å². The molecule has 0 saturated carbocycles. The SMILES string of the molecule is CCCCCCCCCCCCCCCCCCCCNc1ccc2ccccc2c1O. The summed E-state index contributed by atoms with van der Waals surface area (Å²) in [5, 5.41) is 15.9. The van der Waals surface area contributed by atoms with Gasteiger partial charge in [-0.3, -0.25) is 0 Å². The van der Waals surface area contributed by atoms with Crippen LogP contribution < -0.4 is 5.32 Å². The molecule has 2 aromatic rings. The van der Waals surface area contributed by atoms with Crippen LogP contribution in [0.3, 0.4) is 0 Å². The summed E-state index contributed by atoms with van der Waals surface area (Å²) >= 11 is 0. The van der Waals surface area contributed by atoms with Gasteiger partial charge in [0, 0.05) is 11.9 Å². The molecule has 0 heterocycles. The Hall–Kier alpha value is -1.70. The summed E-state index contributed by atoms with van der Waals surface area (Å²) in [6, 6.07) is 12.1. The van der Waals surface area contributed by atoms with E-state index in [4.69, 9.17) is 0 Å². The molecule has 0 aliphatic heterocycles. The van der Waals surface area contributed by atoms with Gasteiger partial charge in [0.25, 0.3) is 0 Å². The fraction of sp³-hybridized carbons (Fsp3) is 0.667. The summed E-state index contributed by atoms with van der Waals surface area (Å²) in [5.74, 6) is 0.380. The van der Waals surface area contributed by atoms with Gasteiger partial charge in [0.15, 0.2) is 0 Å². The van der Waals surface area contributed by atoms with Crippen molar-refractivity contribution in [3.63, 3.8) is 0 Å². The quantitative estimate of drug-likeness (QED) is 0.159. The van der Waals surface area contributed by atoms with E-state index in [1.165, 1.54) is 116 Å². The Morgan fingerprint density at radius 1 is 0.562 bits per heavy atom. The maximum atomic E-state index is 10.4. The second-order valence-corrected chi connectivity index (χ2v) is 9.62. The van der Waals surface area contributed by atoms with Gasteiger partial charge < -0.3 is 10.4 Å². The number of hydrogen-bond acceptors (Lipinski definition) is 2. The van der Waals surface area contributed by atoms with Crippen LogP contribution in [0, 0.1) is 0 Å². The highest BCUT2D eigenvalue weighted by Gasteiger charge is 2.05. The first kappa shape index (κ1) is 26.6. The monoisotopic (exact) mass is 439 g/mol. The molecule has 0 aliphatic rings. The van der Waals surface area contributed by atoms with E-state index in [0.717, 1.165) is 23.0 Å². The van der Waals surface area contributed by atoms with Crippen LogP contribution in [0.25, 0.3) is 10.8 Å². The summed E-state index contributed by atoms with van der Waals surface area (Å²) in [4.78, 5) is 0. The lowest BCUT2D eigenvalue weighted by Crippen LogP contribution is -2.01. The summed E-state index contributed by atoms with van der Waals surface area (Å²) in [5.41, 5.74) is 0.857. The zero-order chi connectivity index (χ0) is 22.7. The van der Waals surface area contributed by atoms with Crippen molar-refractivity contribution in [1.29, 1.82) is 0 Å². The van der Waals surface area contributed by atoms with E-state index < -0.39 is 0 Å². The third kappa shape index (κ3) is 11.2. The van der Waals surface area contributed by atoms with Crippen LogP contribution in [-0.2, 0) is 0 Å². The lowest BCUT2D eigenvalue weighted by Gasteiger charge is -2.10. The van der Waals surface area contributed by atoms with Crippen molar-refractivity contribution in [2.45, 2.75) is 122 Å². The summed E-state index contributed by atoms with van der Waals surface area (Å²) in [6.07, 6.45) is 25.3. The molecular weight excluding hydrogens is 390 g/mol. The van der Waals surface area contributed by atoms with Crippen molar-refractivity contribution in [1.82, 2.24) is 0 Å². The molecule has 0 aliphatic carbocycles. The van der Waals surface area contributed by atoms with Crippen molar-refractivity contribution in [2.75, 3.05) is 11.9 Å². The highest BCUT2D eigenvalue weighted by atomic mass is 16.3. The molecule has 0 unspecified atom stereocenters. The third-order valence-electron chi connectivity index (χ3n) is 6.75. The molecule has 0 amide bonds. The Morgan fingerprint density at radius 2 is 1.03 bits per heavy atom. The van der Waals surface area contributed by atoms with Crippen molar-refractivity contribution in [3.05, 3.63) is 36.4 Å². The largest absolute Gasteiger partial charge is 0.505 e. The molecule has 0 saturated heterocycles. The summed E-state index contributed by atoms with van der Waals surface area (Å²) in [7, 11) is 0. The Morgan fingerprint density at radius 3 is 1.56 bits per heavy atom. The number of unbranched alkanes of at least 4 members (excludes halogenated alkanes) is 17. The van der Waals surface area contributed by atoms with E-state index in [0.29, 0.717) is 5.75 Å². The number of hydrogen-bond donors (Lipinski definition) is 2. The van der Waals surface area contributed by atoms with E-state index >= 15 is 0 Å². The van der Waals surface area contributed by atoms with Gasteiger partial charge in [0.2, 0.25) is 0 Å². The molecule has 0 fully saturated rings. The number of benzene rings is 2. The highest BCUT2D eigenvalue weighted by Crippen LogP contribution is 2.32. The molecule has 0 radical (unpaired) electrons. The van der Waals surface area contributed by atoms with Crippen LogP contribution in [0.2, 0.25) is 0 Å². The predicted octanol–water partition coefficient (Wildman–Crippen LogP) is 10.00. The Bertz CT molecular complexity index is 711. The van der Waals surface area contributed by atoms with Gasteiger partial charge in [-0.15, -0.1) is 0 Å². The zero-order valence-corrected chi connectivity index (χ0v) is 20.8. The van der Waals surface area contributed by atoms with E-state index in [2.05, 4.69) is 18.3 Å². The van der Waals surface area contributed by atoms with Gasteiger partial charge in [-0.2, -0.15) is 0 Å². The van der Waals surface area contributed by atoms with Crippen LogP contribution in [0.15, 0.2) is 36.4 Å². The van der Waals surface area contributed by atoms with Gasteiger partial charge in [-0.1, -0.05) is 146 Å². The number of phenols is 1. The fourth-order valence-electron chi connectivity index (χ4n) is 4.65. The molecule has 2 heteroatoms. The minimum atomic E-state index is 0.380. The molecule has 2 aromatic carbocycles. The number of nitrogens with one attached hydrogen (secondary N) is 1. The second-order valence-electron chi connectivity index (χ2n) is 9.62. The van der Waals surface area contributed by atoms with Gasteiger partial charge in [0.1, 0.15) is 5.75 Å². The predicted molar refractivity (Wildman–Crippen MR) is 143 cm³/mol. The minimum Gasteiger partial charge on any atom is -0.505 e. The van der Waals surface area contributed by atoms with Gasteiger partial charge >= 0.3 is 0 Å². The maximum Gasteiger partial charge on any atom is 0.146 e. The standard InChI is InChI=1S/C30H49NO/c1-2-3-4-5-6-7-8-9-10-11-12-13-14-15-16-17-18-21-26-31-29-25-24-27-22-19-20-23-28(27)30(29)32/h19-20,22-25,31-32H,2-18,21,26H2,1H3. The molecule has 2 nitrogen and oxygen atoms in total. The second kappa shape index (κ2) is 17.8. The molecular formula is C30H49NO. The molecule has 2 N–H and O–H groups in total. The van der Waals surface area contributed by atoms with E-state index in [-0.39, 0.29) is 0 Å². The normalized spacial score (nSPS) is 11.3. The number of aromatic hydroxyl groups is 1. The molecule has 2 rings (SSSR count). The number of rotatable bonds is 20. The maximum absolute atomic E-state index is 10.4. The fourth-order valence-corrected chi connectivity index (χ4v) is 4.65. The molecule has 0 atom stereocenters. The lowest BCUT2D eigenvalue weighted by atomic mass is 10.0. The van der Waals surface area contributed by atoms with Gasteiger partial charge in [0.05, 0.1) is 5.69 Å². The molecule has 0 aromatic heterocycles. The highest BCUT2D eigenvalue weighted by molar-refractivity contribution is 5.92. The summed E-state index contributed by atoms with van der Waals surface area (Å²) in [6.45, 7) is 3.23. The van der Waals surface area contributed by atoms with Crippen LogP contribution in [0.1, 0.15) is 122 Å². The van der Waals surface area contributed by atoms with E-state index in [9.17, 15) is 5.11 Å². The number of anilines is 1. The first-order valence-electron chi connectivity index (χ1n) is 13.8. The lowest BCUT2D eigenvalue weighted by molar-refractivity contribution is 0.483. The van der Waals surface area contributed by atoms with Crippen molar-refractivity contribution in [3.8, 4) is 5.75 Å².